The molecule has 110 valence electrons. The van der Waals surface area contributed by atoms with E-state index in [9.17, 15) is 13.2 Å². The van der Waals surface area contributed by atoms with Crippen molar-refractivity contribution in [2.24, 2.45) is 0 Å². The zero-order chi connectivity index (χ0) is 15.5. The van der Waals surface area contributed by atoms with Gasteiger partial charge in [0.2, 0.25) is 5.91 Å². The highest BCUT2D eigenvalue weighted by Crippen LogP contribution is 2.23. The van der Waals surface area contributed by atoms with Gasteiger partial charge >= 0.3 is 0 Å². The Morgan fingerprint density at radius 3 is 2.43 bits per heavy atom. The third-order valence-electron chi connectivity index (χ3n) is 2.69. The molecule has 0 aromatic heterocycles. The lowest BCUT2D eigenvalue weighted by atomic mass is 10.3. The molecule has 0 saturated carbocycles. The Morgan fingerprint density at radius 2 is 1.81 bits per heavy atom. The third kappa shape index (κ3) is 4.05. The minimum atomic E-state index is -3.78. The number of para-hydroxylation sites is 1. The molecule has 0 bridgehead atoms. The van der Waals surface area contributed by atoms with Gasteiger partial charge in [0, 0.05) is 10.2 Å². The SMILES string of the molecule is Nc1cc(Br)ccc1S(=O)(=O)CC(=O)Nc1ccccc1. The summed E-state index contributed by atoms with van der Waals surface area (Å²) in [6, 6.07) is 13.1. The Balaban J connectivity index is 2.16. The summed E-state index contributed by atoms with van der Waals surface area (Å²) in [5.41, 5.74) is 6.35. The van der Waals surface area contributed by atoms with Crippen LogP contribution in [0.25, 0.3) is 0 Å². The fourth-order valence-corrected chi connectivity index (χ4v) is 3.42. The van der Waals surface area contributed by atoms with Gasteiger partial charge in [0.05, 0.1) is 10.6 Å². The van der Waals surface area contributed by atoms with E-state index >= 15 is 0 Å². The second kappa shape index (κ2) is 6.28. The molecule has 2 aromatic carbocycles. The first-order valence-electron chi connectivity index (χ1n) is 6.01. The molecule has 1 amide bonds. The van der Waals surface area contributed by atoms with Crippen molar-refractivity contribution in [3.8, 4) is 0 Å². The molecule has 0 radical (unpaired) electrons. The predicted molar refractivity (Wildman–Crippen MR) is 85.7 cm³/mol. The standard InChI is InChI=1S/C14H13BrN2O3S/c15-10-6-7-13(12(16)8-10)21(19,20)9-14(18)17-11-4-2-1-3-5-11/h1-8H,9,16H2,(H,17,18). The number of sulfone groups is 1. The lowest BCUT2D eigenvalue weighted by Crippen LogP contribution is -2.23. The number of anilines is 2. The van der Waals surface area contributed by atoms with Gasteiger partial charge in [-0.3, -0.25) is 4.79 Å². The summed E-state index contributed by atoms with van der Waals surface area (Å²) in [5.74, 6) is -1.27. The minimum absolute atomic E-state index is 0.0473. The van der Waals surface area contributed by atoms with E-state index in [4.69, 9.17) is 5.73 Å². The van der Waals surface area contributed by atoms with Crippen molar-refractivity contribution in [2.75, 3.05) is 16.8 Å². The van der Waals surface area contributed by atoms with Crippen LogP contribution >= 0.6 is 15.9 Å². The number of rotatable bonds is 4. The molecule has 0 atom stereocenters. The molecule has 2 aromatic rings. The van der Waals surface area contributed by atoms with Crippen molar-refractivity contribution < 1.29 is 13.2 Å². The number of halogens is 1. The molecule has 0 spiro atoms. The van der Waals surface area contributed by atoms with Crippen LogP contribution in [0.4, 0.5) is 11.4 Å². The normalized spacial score (nSPS) is 11.1. The van der Waals surface area contributed by atoms with E-state index in [2.05, 4.69) is 21.2 Å². The molecule has 0 aliphatic carbocycles. The van der Waals surface area contributed by atoms with Gasteiger partial charge in [-0.25, -0.2) is 8.42 Å². The van der Waals surface area contributed by atoms with Crippen molar-refractivity contribution in [3.63, 3.8) is 0 Å². The van der Waals surface area contributed by atoms with Crippen LogP contribution in [0.2, 0.25) is 0 Å². The number of carbonyl (C=O) groups excluding carboxylic acids is 1. The van der Waals surface area contributed by atoms with E-state index < -0.39 is 21.5 Å². The predicted octanol–water partition coefficient (Wildman–Crippen LogP) is 2.44. The monoisotopic (exact) mass is 368 g/mol. The molecule has 2 rings (SSSR count). The number of nitrogens with two attached hydrogens (primary N) is 1. The second-order valence-corrected chi connectivity index (χ2v) is 7.23. The molecule has 0 saturated heterocycles. The summed E-state index contributed by atoms with van der Waals surface area (Å²) >= 11 is 3.20. The lowest BCUT2D eigenvalue weighted by molar-refractivity contribution is -0.113. The summed E-state index contributed by atoms with van der Waals surface area (Å²) in [6.07, 6.45) is 0. The Hall–Kier alpha value is -1.86. The van der Waals surface area contributed by atoms with E-state index in [1.165, 1.54) is 12.1 Å². The number of nitrogens with one attached hydrogen (secondary N) is 1. The molecule has 7 heteroatoms. The number of hydrogen-bond donors (Lipinski definition) is 2. The van der Waals surface area contributed by atoms with E-state index in [0.29, 0.717) is 10.2 Å². The van der Waals surface area contributed by atoms with Gasteiger partial charge in [-0.05, 0) is 30.3 Å². The maximum absolute atomic E-state index is 12.2. The highest BCUT2D eigenvalue weighted by molar-refractivity contribution is 9.10. The average Bonchev–Trinajstić information content (AvgIpc) is 2.38. The fraction of sp³-hybridized carbons (Fsp3) is 0.0714. The quantitative estimate of drug-likeness (QED) is 0.811. The topological polar surface area (TPSA) is 89.3 Å². The highest BCUT2D eigenvalue weighted by Gasteiger charge is 2.22. The Bertz CT molecular complexity index is 761. The molecule has 0 heterocycles. The van der Waals surface area contributed by atoms with Gasteiger partial charge in [-0.1, -0.05) is 34.1 Å². The van der Waals surface area contributed by atoms with Crippen molar-refractivity contribution >= 4 is 43.0 Å². The summed E-state index contributed by atoms with van der Waals surface area (Å²) in [5, 5.41) is 2.53. The average molecular weight is 369 g/mol. The fourth-order valence-electron chi connectivity index (χ4n) is 1.77. The number of amides is 1. The molecule has 3 N–H and O–H groups in total. The van der Waals surface area contributed by atoms with Crippen LogP contribution in [0, 0.1) is 0 Å². The van der Waals surface area contributed by atoms with E-state index in [1.807, 2.05) is 0 Å². The van der Waals surface area contributed by atoms with E-state index in [1.54, 1.807) is 36.4 Å². The van der Waals surface area contributed by atoms with Crippen molar-refractivity contribution in [1.82, 2.24) is 0 Å². The molecular formula is C14H13BrN2O3S. The van der Waals surface area contributed by atoms with Crippen molar-refractivity contribution in [2.45, 2.75) is 4.90 Å². The van der Waals surface area contributed by atoms with Crippen molar-refractivity contribution in [1.29, 1.82) is 0 Å². The molecule has 0 aliphatic heterocycles. The van der Waals surface area contributed by atoms with Gasteiger partial charge in [0.25, 0.3) is 0 Å². The number of benzene rings is 2. The number of nitrogen functional groups attached to an aromatic ring is 1. The van der Waals surface area contributed by atoms with Gasteiger partial charge < -0.3 is 11.1 Å². The van der Waals surface area contributed by atoms with Gasteiger partial charge in [-0.2, -0.15) is 0 Å². The second-order valence-electron chi connectivity index (χ2n) is 4.36. The van der Waals surface area contributed by atoms with Crippen LogP contribution in [0.15, 0.2) is 57.9 Å². The van der Waals surface area contributed by atoms with Gasteiger partial charge in [0.15, 0.2) is 9.84 Å². The summed E-state index contributed by atoms with van der Waals surface area (Å²) < 4.78 is 25.1. The number of carbonyl (C=O) groups is 1. The lowest BCUT2D eigenvalue weighted by Gasteiger charge is -2.08. The maximum Gasteiger partial charge on any atom is 0.239 e. The zero-order valence-electron chi connectivity index (χ0n) is 10.9. The van der Waals surface area contributed by atoms with Gasteiger partial charge in [-0.15, -0.1) is 0 Å². The van der Waals surface area contributed by atoms with Crippen LogP contribution in [0.3, 0.4) is 0 Å². The first-order valence-corrected chi connectivity index (χ1v) is 8.46. The minimum Gasteiger partial charge on any atom is -0.398 e. The first kappa shape index (κ1) is 15.5. The Kier molecular flexibility index (Phi) is 4.64. The third-order valence-corrected chi connectivity index (χ3v) is 4.86. The zero-order valence-corrected chi connectivity index (χ0v) is 13.3. The molecular weight excluding hydrogens is 356 g/mol. The summed E-state index contributed by atoms with van der Waals surface area (Å²) in [7, 11) is -3.78. The van der Waals surface area contributed by atoms with Crippen LogP contribution in [0.1, 0.15) is 0 Å². The van der Waals surface area contributed by atoms with Gasteiger partial charge in [0.1, 0.15) is 5.75 Å². The Labute approximate surface area is 131 Å². The van der Waals surface area contributed by atoms with Crippen LogP contribution in [-0.4, -0.2) is 20.1 Å². The maximum atomic E-state index is 12.2. The van der Waals surface area contributed by atoms with E-state index in [-0.39, 0.29) is 10.6 Å². The first-order chi connectivity index (χ1) is 9.88. The molecule has 0 aliphatic rings. The summed E-state index contributed by atoms with van der Waals surface area (Å²) in [4.78, 5) is 11.8. The molecule has 0 unspecified atom stereocenters. The summed E-state index contributed by atoms with van der Waals surface area (Å²) in [6.45, 7) is 0. The van der Waals surface area contributed by atoms with Crippen LogP contribution in [0.5, 0.6) is 0 Å². The molecule has 21 heavy (non-hydrogen) atoms. The number of hydrogen-bond acceptors (Lipinski definition) is 4. The highest BCUT2D eigenvalue weighted by atomic mass is 79.9. The van der Waals surface area contributed by atoms with Crippen molar-refractivity contribution in [3.05, 3.63) is 53.0 Å². The van der Waals surface area contributed by atoms with Crippen LogP contribution < -0.4 is 11.1 Å². The molecule has 0 fully saturated rings. The Morgan fingerprint density at radius 1 is 1.14 bits per heavy atom. The smallest absolute Gasteiger partial charge is 0.239 e. The van der Waals surface area contributed by atoms with Crippen LogP contribution in [-0.2, 0) is 14.6 Å². The van der Waals surface area contributed by atoms with E-state index in [0.717, 1.165) is 0 Å². The largest absolute Gasteiger partial charge is 0.398 e. The molecule has 5 nitrogen and oxygen atoms in total.